The molecule has 5 nitrogen and oxygen atoms in total. The third kappa shape index (κ3) is 2.92. The molecule has 2 rings (SSSR count). The summed E-state index contributed by atoms with van der Waals surface area (Å²) in [5.41, 5.74) is 6.01. The summed E-state index contributed by atoms with van der Waals surface area (Å²) in [6.07, 6.45) is 0. The predicted octanol–water partition coefficient (Wildman–Crippen LogP) is 2.36. The first kappa shape index (κ1) is 13.5. The van der Waals surface area contributed by atoms with Crippen LogP contribution in [0.5, 0.6) is 0 Å². The van der Waals surface area contributed by atoms with Crippen molar-refractivity contribution in [2.24, 2.45) is 0 Å². The van der Waals surface area contributed by atoms with Crippen molar-refractivity contribution in [3.63, 3.8) is 0 Å². The number of carboxylic acids is 1. The fraction of sp³-hybridized carbons (Fsp3) is 0. The second-order valence-electron chi connectivity index (χ2n) is 4.08. The van der Waals surface area contributed by atoms with Crippen molar-refractivity contribution in [2.75, 3.05) is 11.1 Å². The fourth-order valence-electron chi connectivity index (χ4n) is 1.65. The largest absolute Gasteiger partial charge is 0.478 e. The Labute approximate surface area is 113 Å². The first-order chi connectivity index (χ1) is 9.47. The molecule has 6 heteroatoms. The number of hydrogen-bond donors (Lipinski definition) is 3. The minimum absolute atomic E-state index is 0.191. The Morgan fingerprint density at radius 1 is 1.15 bits per heavy atom. The first-order valence-electron chi connectivity index (χ1n) is 5.67. The van der Waals surface area contributed by atoms with E-state index in [1.54, 1.807) is 18.2 Å². The molecule has 1 amide bonds. The zero-order valence-electron chi connectivity index (χ0n) is 10.3. The number of benzene rings is 2. The van der Waals surface area contributed by atoms with Gasteiger partial charge in [0.15, 0.2) is 0 Å². The van der Waals surface area contributed by atoms with E-state index in [1.807, 2.05) is 0 Å². The third-order valence-corrected chi connectivity index (χ3v) is 2.60. The summed E-state index contributed by atoms with van der Waals surface area (Å²) in [7, 11) is 0. The average molecular weight is 274 g/mol. The van der Waals surface area contributed by atoms with Gasteiger partial charge in [-0.25, -0.2) is 9.18 Å². The Kier molecular flexibility index (Phi) is 3.65. The molecule has 102 valence electrons. The van der Waals surface area contributed by atoms with Crippen LogP contribution in [-0.2, 0) is 0 Å². The standard InChI is InChI=1S/C14H11FN2O3/c15-12-5-4-10(7-11(12)14(19)20)17-13(18)8-2-1-3-9(16)6-8/h1-7H,16H2,(H,17,18)(H,19,20). The van der Waals surface area contributed by atoms with Gasteiger partial charge in [-0.05, 0) is 36.4 Å². The minimum Gasteiger partial charge on any atom is -0.478 e. The van der Waals surface area contributed by atoms with Crippen LogP contribution in [-0.4, -0.2) is 17.0 Å². The highest BCUT2D eigenvalue weighted by atomic mass is 19.1. The second kappa shape index (κ2) is 5.40. The van der Waals surface area contributed by atoms with Crippen LogP contribution in [0.25, 0.3) is 0 Å². The van der Waals surface area contributed by atoms with Crippen LogP contribution < -0.4 is 11.1 Å². The molecule has 0 bridgehead atoms. The van der Waals surface area contributed by atoms with Crippen LogP contribution in [0, 0.1) is 5.82 Å². The number of hydrogen-bond acceptors (Lipinski definition) is 3. The van der Waals surface area contributed by atoms with Gasteiger partial charge < -0.3 is 16.2 Å². The number of halogens is 1. The van der Waals surface area contributed by atoms with Crippen molar-refractivity contribution in [1.82, 2.24) is 0 Å². The molecule has 0 atom stereocenters. The lowest BCUT2D eigenvalue weighted by Gasteiger charge is -2.07. The predicted molar refractivity (Wildman–Crippen MR) is 72.2 cm³/mol. The van der Waals surface area contributed by atoms with Gasteiger partial charge in [-0.2, -0.15) is 0 Å². The molecule has 0 fully saturated rings. The monoisotopic (exact) mass is 274 g/mol. The molecule has 0 unspecified atom stereocenters. The Balaban J connectivity index is 2.24. The van der Waals surface area contributed by atoms with Crippen LogP contribution in [0.15, 0.2) is 42.5 Å². The molecule has 0 spiro atoms. The molecular formula is C14H11FN2O3. The number of carboxylic acid groups (broad SMARTS) is 1. The third-order valence-electron chi connectivity index (χ3n) is 2.60. The van der Waals surface area contributed by atoms with Crippen molar-refractivity contribution in [2.45, 2.75) is 0 Å². The first-order valence-corrected chi connectivity index (χ1v) is 5.67. The van der Waals surface area contributed by atoms with E-state index < -0.39 is 23.3 Å². The van der Waals surface area contributed by atoms with E-state index in [1.165, 1.54) is 12.1 Å². The maximum atomic E-state index is 13.2. The average Bonchev–Trinajstić information content (AvgIpc) is 2.40. The summed E-state index contributed by atoms with van der Waals surface area (Å²) in [5, 5.41) is 11.3. The lowest BCUT2D eigenvalue weighted by Crippen LogP contribution is -2.13. The van der Waals surface area contributed by atoms with Gasteiger partial charge in [-0.15, -0.1) is 0 Å². The van der Waals surface area contributed by atoms with Crippen molar-refractivity contribution < 1.29 is 19.1 Å². The number of carbonyl (C=O) groups is 2. The van der Waals surface area contributed by atoms with Crippen LogP contribution in [0.1, 0.15) is 20.7 Å². The number of anilines is 2. The molecule has 0 aliphatic carbocycles. The van der Waals surface area contributed by atoms with Gasteiger partial charge in [0.2, 0.25) is 0 Å². The van der Waals surface area contributed by atoms with Crippen LogP contribution >= 0.6 is 0 Å². The molecular weight excluding hydrogens is 263 g/mol. The smallest absolute Gasteiger partial charge is 0.338 e. The number of nitrogens with one attached hydrogen (secondary N) is 1. The zero-order valence-corrected chi connectivity index (χ0v) is 10.3. The summed E-state index contributed by atoms with van der Waals surface area (Å²) < 4.78 is 13.2. The maximum absolute atomic E-state index is 13.2. The highest BCUT2D eigenvalue weighted by Crippen LogP contribution is 2.16. The molecule has 0 saturated heterocycles. The van der Waals surface area contributed by atoms with Crippen molar-refractivity contribution in [3.8, 4) is 0 Å². The number of rotatable bonds is 3. The van der Waals surface area contributed by atoms with E-state index in [2.05, 4.69) is 5.32 Å². The fourth-order valence-corrected chi connectivity index (χ4v) is 1.65. The summed E-state index contributed by atoms with van der Waals surface area (Å²) in [4.78, 5) is 22.7. The Bertz CT molecular complexity index is 686. The maximum Gasteiger partial charge on any atom is 0.338 e. The molecule has 0 aliphatic rings. The molecule has 2 aromatic rings. The lowest BCUT2D eigenvalue weighted by molar-refractivity contribution is 0.0691. The molecule has 0 aliphatic heterocycles. The van der Waals surface area contributed by atoms with E-state index in [9.17, 15) is 14.0 Å². The SMILES string of the molecule is Nc1cccc(C(=O)Nc2ccc(F)c(C(=O)O)c2)c1. The molecule has 2 aromatic carbocycles. The number of nitrogens with two attached hydrogens (primary N) is 1. The molecule has 0 heterocycles. The quantitative estimate of drug-likeness (QED) is 0.749. The van der Waals surface area contributed by atoms with E-state index in [0.29, 0.717) is 11.3 Å². The molecule has 0 radical (unpaired) electrons. The van der Waals surface area contributed by atoms with Gasteiger partial charge in [0.25, 0.3) is 5.91 Å². The van der Waals surface area contributed by atoms with Gasteiger partial charge in [-0.3, -0.25) is 4.79 Å². The van der Waals surface area contributed by atoms with Crippen molar-refractivity contribution in [3.05, 3.63) is 59.4 Å². The van der Waals surface area contributed by atoms with Crippen molar-refractivity contribution >= 4 is 23.3 Å². The Hall–Kier alpha value is -2.89. The van der Waals surface area contributed by atoms with Gasteiger partial charge in [0.1, 0.15) is 5.82 Å². The van der Waals surface area contributed by atoms with Gasteiger partial charge in [0, 0.05) is 16.9 Å². The summed E-state index contributed by atoms with van der Waals surface area (Å²) >= 11 is 0. The number of amides is 1. The number of carbonyl (C=O) groups excluding carboxylic acids is 1. The van der Waals surface area contributed by atoms with Crippen LogP contribution in [0.2, 0.25) is 0 Å². The summed E-state index contributed by atoms with van der Waals surface area (Å²) in [5.74, 6) is -2.72. The van der Waals surface area contributed by atoms with Crippen LogP contribution in [0.3, 0.4) is 0 Å². The normalized spacial score (nSPS) is 10.1. The number of nitrogen functional groups attached to an aromatic ring is 1. The molecule has 4 N–H and O–H groups in total. The summed E-state index contributed by atoms with van der Waals surface area (Å²) in [6.45, 7) is 0. The van der Waals surface area contributed by atoms with Crippen molar-refractivity contribution in [1.29, 1.82) is 0 Å². The Morgan fingerprint density at radius 3 is 2.55 bits per heavy atom. The topological polar surface area (TPSA) is 92.4 Å². The second-order valence-corrected chi connectivity index (χ2v) is 4.08. The zero-order chi connectivity index (χ0) is 14.7. The van der Waals surface area contributed by atoms with E-state index >= 15 is 0 Å². The number of aromatic carboxylic acids is 1. The molecule has 20 heavy (non-hydrogen) atoms. The highest BCUT2D eigenvalue weighted by molar-refractivity contribution is 6.05. The van der Waals surface area contributed by atoms with E-state index in [0.717, 1.165) is 12.1 Å². The summed E-state index contributed by atoms with van der Waals surface area (Å²) in [6, 6.07) is 9.63. The van der Waals surface area contributed by atoms with E-state index in [-0.39, 0.29) is 5.69 Å². The minimum atomic E-state index is -1.40. The van der Waals surface area contributed by atoms with E-state index in [4.69, 9.17) is 10.8 Å². The Morgan fingerprint density at radius 2 is 1.90 bits per heavy atom. The highest BCUT2D eigenvalue weighted by Gasteiger charge is 2.12. The van der Waals surface area contributed by atoms with Gasteiger partial charge in [-0.1, -0.05) is 6.07 Å². The van der Waals surface area contributed by atoms with Gasteiger partial charge >= 0.3 is 5.97 Å². The molecule has 0 saturated carbocycles. The lowest BCUT2D eigenvalue weighted by atomic mass is 10.1. The van der Waals surface area contributed by atoms with Crippen LogP contribution in [0.4, 0.5) is 15.8 Å². The molecule has 0 aromatic heterocycles. The van der Waals surface area contributed by atoms with Gasteiger partial charge in [0.05, 0.1) is 5.56 Å².